The molecule has 0 radical (unpaired) electrons. The quantitative estimate of drug-likeness (QED) is 0.133. The number of nitro groups is 1. The molecule has 3 aromatic rings. The van der Waals surface area contributed by atoms with Gasteiger partial charge in [0.2, 0.25) is 0 Å². The summed E-state index contributed by atoms with van der Waals surface area (Å²) < 4.78 is 38.6. The Labute approximate surface area is 201 Å². The lowest BCUT2D eigenvalue weighted by Crippen LogP contribution is -2.04. The van der Waals surface area contributed by atoms with Gasteiger partial charge in [-0.05, 0) is 29.8 Å². The molecule has 0 heterocycles. The van der Waals surface area contributed by atoms with Crippen molar-refractivity contribution < 1.29 is 22.9 Å². The molecule has 172 valence electrons. The van der Waals surface area contributed by atoms with Gasteiger partial charge >= 0.3 is 6.18 Å². The third-order valence-electron chi connectivity index (χ3n) is 4.38. The van der Waals surface area contributed by atoms with Crippen molar-refractivity contribution in [2.75, 3.05) is 0 Å². The minimum atomic E-state index is -4.45. The fraction of sp³-hybridized carbons (Fsp3) is 0.136. The van der Waals surface area contributed by atoms with Crippen LogP contribution in [0.2, 0.25) is 10.0 Å². The molecule has 0 N–H and O–H groups in total. The molecular formula is C22H15Cl2F3N2O3S. The van der Waals surface area contributed by atoms with Crippen LogP contribution < -0.4 is 0 Å². The second kappa shape index (κ2) is 10.9. The van der Waals surface area contributed by atoms with E-state index in [1.54, 1.807) is 24.3 Å². The summed E-state index contributed by atoms with van der Waals surface area (Å²) in [4.78, 5) is 16.5. The van der Waals surface area contributed by atoms with Crippen molar-refractivity contribution in [1.82, 2.24) is 0 Å². The number of alkyl halides is 3. The number of hydrogen-bond donors (Lipinski definition) is 0. The standard InChI is InChI=1S/C22H15Cl2F3N2O3S/c23-18-5-2-6-19(24)17(18)12-32-28-11-14-7-8-21(20(10-14)29(30)31)33-13-15-3-1-4-16(9-15)22(25,26)27/h1-11H,12-13H2/b28-11-. The van der Waals surface area contributed by atoms with E-state index in [9.17, 15) is 23.3 Å². The number of nitrogens with zero attached hydrogens (tertiary/aromatic N) is 2. The van der Waals surface area contributed by atoms with Crippen LogP contribution in [-0.2, 0) is 23.4 Å². The second-order valence-corrected chi connectivity index (χ2v) is 8.51. The minimum absolute atomic E-state index is 0.0159. The molecule has 0 aliphatic heterocycles. The highest BCUT2D eigenvalue weighted by Crippen LogP contribution is 2.34. The molecule has 3 rings (SSSR count). The lowest BCUT2D eigenvalue weighted by molar-refractivity contribution is -0.387. The van der Waals surface area contributed by atoms with Crippen molar-refractivity contribution in [2.24, 2.45) is 5.16 Å². The SMILES string of the molecule is O=[N+]([O-])c1cc(/C=N\OCc2c(Cl)cccc2Cl)ccc1SCc1cccc(C(F)(F)F)c1. The van der Waals surface area contributed by atoms with E-state index in [1.807, 2.05) is 0 Å². The first-order chi connectivity index (χ1) is 15.6. The maximum Gasteiger partial charge on any atom is 0.416 e. The summed E-state index contributed by atoms with van der Waals surface area (Å²) in [6.45, 7) is 0.0159. The van der Waals surface area contributed by atoms with Crippen LogP contribution in [0, 0.1) is 10.1 Å². The highest BCUT2D eigenvalue weighted by atomic mass is 35.5. The molecule has 0 amide bonds. The molecule has 33 heavy (non-hydrogen) atoms. The normalized spacial score (nSPS) is 11.7. The molecule has 0 bridgehead atoms. The molecule has 5 nitrogen and oxygen atoms in total. The van der Waals surface area contributed by atoms with Crippen LogP contribution in [0.5, 0.6) is 0 Å². The third-order valence-corrected chi connectivity index (χ3v) is 6.22. The van der Waals surface area contributed by atoms with Gasteiger partial charge in [0.1, 0.15) is 6.61 Å². The number of rotatable bonds is 8. The molecule has 0 aromatic heterocycles. The minimum Gasteiger partial charge on any atom is -0.391 e. The Balaban J connectivity index is 1.68. The van der Waals surface area contributed by atoms with Crippen molar-refractivity contribution in [2.45, 2.75) is 23.4 Å². The number of thioether (sulfide) groups is 1. The average Bonchev–Trinajstić information content (AvgIpc) is 2.76. The van der Waals surface area contributed by atoms with Gasteiger partial charge in [-0.15, -0.1) is 11.8 Å². The summed E-state index contributed by atoms with van der Waals surface area (Å²) in [6, 6.07) is 14.3. The fourth-order valence-corrected chi connectivity index (χ4v) is 4.20. The predicted octanol–water partition coefficient (Wildman–Crippen LogP) is 7.76. The predicted molar refractivity (Wildman–Crippen MR) is 123 cm³/mol. The molecule has 0 saturated carbocycles. The van der Waals surface area contributed by atoms with E-state index in [4.69, 9.17) is 28.0 Å². The molecule has 3 aromatic carbocycles. The highest BCUT2D eigenvalue weighted by Gasteiger charge is 2.30. The van der Waals surface area contributed by atoms with Gasteiger partial charge in [0.05, 0.1) is 21.6 Å². The Morgan fingerprint density at radius 2 is 1.76 bits per heavy atom. The van der Waals surface area contributed by atoms with Crippen molar-refractivity contribution >= 4 is 46.9 Å². The van der Waals surface area contributed by atoms with Gasteiger partial charge in [-0.1, -0.05) is 58.7 Å². The summed E-state index contributed by atoms with van der Waals surface area (Å²) in [7, 11) is 0. The topological polar surface area (TPSA) is 64.7 Å². The Hall–Kier alpha value is -2.75. The van der Waals surface area contributed by atoms with Crippen LogP contribution in [0.4, 0.5) is 18.9 Å². The van der Waals surface area contributed by atoms with Crippen LogP contribution >= 0.6 is 35.0 Å². The molecule has 0 unspecified atom stereocenters. The monoisotopic (exact) mass is 514 g/mol. The van der Waals surface area contributed by atoms with Crippen molar-refractivity contribution in [3.05, 3.63) is 103 Å². The smallest absolute Gasteiger partial charge is 0.391 e. The number of benzene rings is 3. The van der Waals surface area contributed by atoms with Crippen LogP contribution in [0.15, 0.2) is 70.7 Å². The van der Waals surface area contributed by atoms with Gasteiger partial charge in [-0.3, -0.25) is 10.1 Å². The first kappa shape index (κ1) is 24.9. The van der Waals surface area contributed by atoms with Gasteiger partial charge in [0.25, 0.3) is 5.69 Å². The Kier molecular flexibility index (Phi) is 8.23. The molecule has 0 fully saturated rings. The molecule has 0 saturated heterocycles. The first-order valence-electron chi connectivity index (χ1n) is 9.31. The van der Waals surface area contributed by atoms with E-state index in [2.05, 4.69) is 5.16 Å². The van der Waals surface area contributed by atoms with Crippen LogP contribution in [0.1, 0.15) is 22.3 Å². The number of halogens is 5. The Morgan fingerprint density at radius 3 is 2.42 bits per heavy atom. The molecule has 0 aliphatic rings. The summed E-state index contributed by atoms with van der Waals surface area (Å²) in [5.74, 6) is 0.139. The molecule has 11 heteroatoms. The van der Waals surface area contributed by atoms with E-state index in [-0.39, 0.29) is 18.0 Å². The molecule has 0 spiro atoms. The van der Waals surface area contributed by atoms with Gasteiger partial charge in [0.15, 0.2) is 0 Å². The largest absolute Gasteiger partial charge is 0.416 e. The van der Waals surface area contributed by atoms with Gasteiger partial charge in [0, 0.05) is 33.0 Å². The average molecular weight is 515 g/mol. The van der Waals surface area contributed by atoms with E-state index in [0.29, 0.717) is 31.6 Å². The highest BCUT2D eigenvalue weighted by molar-refractivity contribution is 7.98. The summed E-state index contributed by atoms with van der Waals surface area (Å²) >= 11 is 13.2. The summed E-state index contributed by atoms with van der Waals surface area (Å²) in [5.41, 5.74) is 0.423. The van der Waals surface area contributed by atoms with Gasteiger partial charge in [-0.2, -0.15) is 13.2 Å². The van der Waals surface area contributed by atoms with Crippen LogP contribution in [-0.4, -0.2) is 11.1 Å². The number of nitro benzene ring substituents is 1. The lowest BCUT2D eigenvalue weighted by atomic mass is 10.1. The van der Waals surface area contributed by atoms with Crippen LogP contribution in [0.3, 0.4) is 0 Å². The van der Waals surface area contributed by atoms with Gasteiger partial charge < -0.3 is 4.84 Å². The van der Waals surface area contributed by atoms with Crippen molar-refractivity contribution in [3.63, 3.8) is 0 Å². The fourth-order valence-electron chi connectivity index (χ4n) is 2.75. The Bertz CT molecular complexity index is 1170. The van der Waals surface area contributed by atoms with Crippen LogP contribution in [0.25, 0.3) is 0 Å². The zero-order valence-electron chi connectivity index (χ0n) is 16.7. The summed E-state index contributed by atoms with van der Waals surface area (Å²) in [6.07, 6.45) is -3.15. The van der Waals surface area contributed by atoms with Gasteiger partial charge in [-0.25, -0.2) is 0 Å². The van der Waals surface area contributed by atoms with Crippen molar-refractivity contribution in [1.29, 1.82) is 0 Å². The van der Waals surface area contributed by atoms with Crippen molar-refractivity contribution in [3.8, 4) is 0 Å². The molecular weight excluding hydrogens is 500 g/mol. The zero-order chi connectivity index (χ0) is 24.0. The van der Waals surface area contributed by atoms with E-state index >= 15 is 0 Å². The van der Waals surface area contributed by atoms with E-state index in [0.717, 1.165) is 23.9 Å². The summed E-state index contributed by atoms with van der Waals surface area (Å²) in [5, 5.41) is 16.1. The number of oxime groups is 1. The first-order valence-corrected chi connectivity index (χ1v) is 11.0. The Morgan fingerprint density at radius 1 is 1.06 bits per heavy atom. The maximum atomic E-state index is 12.9. The lowest BCUT2D eigenvalue weighted by Gasteiger charge is -2.09. The van der Waals surface area contributed by atoms with E-state index in [1.165, 1.54) is 30.5 Å². The van der Waals surface area contributed by atoms with E-state index < -0.39 is 16.7 Å². The second-order valence-electron chi connectivity index (χ2n) is 6.68. The third kappa shape index (κ3) is 6.86. The molecule has 0 aliphatic carbocycles. The number of hydrogen-bond acceptors (Lipinski definition) is 5. The molecule has 0 atom stereocenters. The zero-order valence-corrected chi connectivity index (χ0v) is 19.0. The maximum absolute atomic E-state index is 12.9.